The van der Waals surface area contributed by atoms with Gasteiger partial charge in [0.05, 0.1) is 37.8 Å². The Hall–Kier alpha value is -4.35. The lowest BCUT2D eigenvalue weighted by Gasteiger charge is -2.35. The first kappa shape index (κ1) is 29.6. The molecular formula is C30H40N8O3. The lowest BCUT2D eigenvalue weighted by Crippen LogP contribution is -2.49. The van der Waals surface area contributed by atoms with E-state index in [1.54, 1.807) is 25.4 Å². The number of rotatable bonds is 11. The van der Waals surface area contributed by atoms with Gasteiger partial charge in [-0.1, -0.05) is 18.7 Å². The van der Waals surface area contributed by atoms with Crippen LogP contribution in [-0.2, 0) is 9.53 Å². The first-order valence-corrected chi connectivity index (χ1v) is 13.5. The molecule has 1 aromatic carbocycles. The molecule has 1 unspecified atom stereocenters. The van der Waals surface area contributed by atoms with Gasteiger partial charge in [-0.2, -0.15) is 5.10 Å². The van der Waals surface area contributed by atoms with Crippen LogP contribution in [0.15, 0.2) is 77.7 Å². The van der Waals surface area contributed by atoms with Crippen LogP contribution >= 0.6 is 0 Å². The highest BCUT2D eigenvalue weighted by Crippen LogP contribution is 2.31. The molecule has 0 radical (unpaired) electrons. The predicted molar refractivity (Wildman–Crippen MR) is 163 cm³/mol. The summed E-state index contributed by atoms with van der Waals surface area (Å²) in [7, 11) is 5.49. The second kappa shape index (κ2) is 13.3. The van der Waals surface area contributed by atoms with E-state index in [1.165, 1.54) is 6.08 Å². The maximum absolute atomic E-state index is 12.6. The molecular weight excluding hydrogens is 520 g/mol. The van der Waals surface area contributed by atoms with Gasteiger partial charge >= 0.3 is 0 Å². The van der Waals surface area contributed by atoms with E-state index in [9.17, 15) is 4.79 Å². The smallest absolute Gasteiger partial charge is 0.248 e. The number of aliphatic imine (C=N–C) groups is 1. The molecule has 41 heavy (non-hydrogen) atoms. The van der Waals surface area contributed by atoms with E-state index in [-0.39, 0.29) is 5.91 Å². The van der Waals surface area contributed by atoms with Crippen LogP contribution in [0.5, 0.6) is 5.75 Å². The summed E-state index contributed by atoms with van der Waals surface area (Å²) < 4.78 is 11.1. The maximum Gasteiger partial charge on any atom is 0.248 e. The topological polar surface area (TPSA) is 119 Å². The quantitative estimate of drug-likeness (QED) is 0.244. The van der Waals surface area contributed by atoms with E-state index < -0.39 is 5.79 Å². The predicted octanol–water partition coefficient (Wildman–Crippen LogP) is 3.31. The molecule has 2 aliphatic heterocycles. The molecule has 1 atom stereocenters. The summed E-state index contributed by atoms with van der Waals surface area (Å²) in [6, 6.07) is 5.56. The number of allylic oxidation sites excluding steroid dienone is 4. The molecule has 2 aliphatic rings. The lowest BCUT2D eigenvalue weighted by atomic mass is 10.0. The number of carbonyl (C=O) groups excluding carboxylic acids is 1. The Kier molecular flexibility index (Phi) is 9.64. The van der Waals surface area contributed by atoms with Crippen LogP contribution in [-0.4, -0.2) is 91.5 Å². The zero-order valence-electron chi connectivity index (χ0n) is 24.5. The Labute approximate surface area is 241 Å². The summed E-state index contributed by atoms with van der Waals surface area (Å²) in [5, 5.41) is 17.2. The summed E-state index contributed by atoms with van der Waals surface area (Å²) >= 11 is 0. The monoisotopic (exact) mass is 560 g/mol. The Morgan fingerprint density at radius 2 is 2.07 bits per heavy atom. The second-order valence-corrected chi connectivity index (χ2v) is 10.3. The van der Waals surface area contributed by atoms with Gasteiger partial charge in [-0.15, -0.1) is 0 Å². The average molecular weight is 561 g/mol. The number of H-pyrrole nitrogens is 1. The number of aromatic amines is 1. The third-order valence-corrected chi connectivity index (χ3v) is 6.49. The number of nitrogens with one attached hydrogen (secondary N) is 4. The number of ether oxygens (including phenoxy) is 2. The second-order valence-electron chi connectivity index (χ2n) is 10.3. The van der Waals surface area contributed by atoms with E-state index in [0.717, 1.165) is 41.4 Å². The number of benzene rings is 1. The normalized spacial score (nSPS) is 19.5. The first-order valence-electron chi connectivity index (χ1n) is 13.5. The van der Waals surface area contributed by atoms with Crippen molar-refractivity contribution < 1.29 is 14.3 Å². The number of nitrogens with zero attached hydrogens (tertiary/aromatic N) is 4. The fourth-order valence-corrected chi connectivity index (χ4v) is 4.70. The molecule has 0 saturated carbocycles. The van der Waals surface area contributed by atoms with Crippen molar-refractivity contribution >= 4 is 23.1 Å². The number of hydrogen-bond donors (Lipinski definition) is 4. The summed E-state index contributed by atoms with van der Waals surface area (Å²) in [6.45, 7) is 11.5. The van der Waals surface area contributed by atoms with E-state index in [0.29, 0.717) is 36.9 Å². The van der Waals surface area contributed by atoms with Gasteiger partial charge in [-0.25, -0.2) is 4.99 Å². The Bertz CT molecular complexity index is 1370. The summed E-state index contributed by atoms with van der Waals surface area (Å²) in [5.74, 6) is 0.198. The first-order chi connectivity index (χ1) is 19.7. The van der Waals surface area contributed by atoms with E-state index in [2.05, 4.69) is 43.7 Å². The van der Waals surface area contributed by atoms with Crippen molar-refractivity contribution in [1.82, 2.24) is 25.3 Å². The van der Waals surface area contributed by atoms with Gasteiger partial charge in [0.15, 0.2) is 0 Å². The number of morpholine rings is 1. The van der Waals surface area contributed by atoms with Gasteiger partial charge < -0.3 is 35.2 Å². The molecule has 11 nitrogen and oxygen atoms in total. The zero-order valence-corrected chi connectivity index (χ0v) is 24.5. The molecule has 4 rings (SSSR count). The third kappa shape index (κ3) is 7.86. The van der Waals surface area contributed by atoms with Crippen LogP contribution in [0.2, 0.25) is 0 Å². The van der Waals surface area contributed by atoms with Crippen LogP contribution in [0.1, 0.15) is 25.0 Å². The van der Waals surface area contributed by atoms with Crippen LogP contribution in [0.3, 0.4) is 0 Å². The Morgan fingerprint density at radius 1 is 1.29 bits per heavy atom. The molecule has 4 N–H and O–H groups in total. The average Bonchev–Trinajstić information content (AvgIpc) is 3.40. The molecule has 11 heteroatoms. The molecule has 1 aromatic heterocycles. The standard InChI is InChI=1S/C30H40N8O3/c1-7-9-24(38-12-14-41-15-13-38)16-21(2)33-30(3)34-28(26-20-31-36-29(26)35-30)22-17-23(19-25(18-22)40-6)32-27(39)10-8-11-37(4)5/h7-10,16-20,33H,1,11-15H2,2-6H3,(H,32,39)(H2,31,35,36)/b10-8+,21-16+,24-9+. The van der Waals surface area contributed by atoms with Crippen molar-refractivity contribution in [2.45, 2.75) is 19.6 Å². The van der Waals surface area contributed by atoms with Crippen molar-refractivity contribution in [3.8, 4) is 5.75 Å². The molecule has 0 bridgehead atoms. The number of amides is 1. The van der Waals surface area contributed by atoms with Crippen molar-refractivity contribution in [1.29, 1.82) is 0 Å². The van der Waals surface area contributed by atoms with E-state index >= 15 is 0 Å². The fraction of sp³-hybridized carbons (Fsp3) is 0.367. The summed E-state index contributed by atoms with van der Waals surface area (Å²) in [6.07, 6.45) is 10.9. The fourth-order valence-electron chi connectivity index (χ4n) is 4.70. The molecule has 0 spiro atoms. The SMILES string of the molecule is C=C/C=C(\C=C(/C)NC1(C)N=C(c2cc(NC(=O)/C=C/CN(C)C)cc(OC)c2)c2cn[nH]c2N1)N1CCOCC1. The van der Waals surface area contributed by atoms with Gasteiger partial charge in [0, 0.05) is 54.4 Å². The molecule has 1 fully saturated rings. The minimum absolute atomic E-state index is 0.224. The van der Waals surface area contributed by atoms with Crippen molar-refractivity contribution in [2.24, 2.45) is 4.99 Å². The largest absolute Gasteiger partial charge is 0.497 e. The number of methoxy groups -OCH3 is 1. The molecule has 0 aliphatic carbocycles. The van der Waals surface area contributed by atoms with Crippen molar-refractivity contribution in [3.63, 3.8) is 0 Å². The number of anilines is 2. The van der Waals surface area contributed by atoms with Crippen LogP contribution in [0.4, 0.5) is 11.5 Å². The van der Waals surface area contributed by atoms with Gasteiger partial charge in [0.2, 0.25) is 11.7 Å². The molecule has 1 amide bonds. The number of aromatic nitrogens is 2. The van der Waals surface area contributed by atoms with E-state index in [4.69, 9.17) is 14.5 Å². The third-order valence-electron chi connectivity index (χ3n) is 6.49. The zero-order chi connectivity index (χ0) is 29.4. The number of hydrogen-bond acceptors (Lipinski definition) is 9. The highest BCUT2D eigenvalue weighted by Gasteiger charge is 2.32. The highest BCUT2D eigenvalue weighted by atomic mass is 16.5. The number of fused-ring (bicyclic) bond motifs is 1. The maximum atomic E-state index is 12.6. The van der Waals surface area contributed by atoms with Gasteiger partial charge in [0.25, 0.3) is 0 Å². The number of likely N-dealkylation sites (N-methyl/N-ethyl adjacent to an activating group) is 1. The van der Waals surface area contributed by atoms with Gasteiger partial charge in [-0.05, 0) is 52.2 Å². The van der Waals surface area contributed by atoms with Crippen LogP contribution < -0.4 is 20.7 Å². The van der Waals surface area contributed by atoms with Crippen molar-refractivity contribution in [3.05, 3.63) is 83.9 Å². The Morgan fingerprint density at radius 3 is 2.78 bits per heavy atom. The van der Waals surface area contributed by atoms with E-state index in [1.807, 2.05) is 57.1 Å². The van der Waals surface area contributed by atoms with Gasteiger partial charge in [-0.3, -0.25) is 9.89 Å². The van der Waals surface area contributed by atoms with Crippen LogP contribution in [0, 0.1) is 0 Å². The minimum Gasteiger partial charge on any atom is -0.497 e. The highest BCUT2D eigenvalue weighted by molar-refractivity contribution is 6.17. The molecule has 218 valence electrons. The van der Waals surface area contributed by atoms with Gasteiger partial charge in [0.1, 0.15) is 11.6 Å². The number of carbonyl (C=O) groups is 1. The summed E-state index contributed by atoms with van der Waals surface area (Å²) in [5.41, 5.74) is 4.84. The molecule has 2 aromatic rings. The minimum atomic E-state index is -0.902. The molecule has 1 saturated heterocycles. The van der Waals surface area contributed by atoms with Crippen LogP contribution in [0.25, 0.3) is 0 Å². The molecule has 3 heterocycles. The van der Waals surface area contributed by atoms with Crippen molar-refractivity contribution in [2.75, 3.05) is 64.7 Å². The lowest BCUT2D eigenvalue weighted by molar-refractivity contribution is -0.111. The summed E-state index contributed by atoms with van der Waals surface area (Å²) in [4.78, 5) is 21.9. The Balaban J connectivity index is 1.64.